The molecule has 1 radical (unpaired) electrons. The second-order valence-corrected chi connectivity index (χ2v) is 3.21. The van der Waals surface area contributed by atoms with Crippen LogP contribution in [-0.2, 0) is 0 Å². The minimum atomic E-state index is 0.978. The normalized spacial score (nSPS) is 22.1. The molecule has 0 atom stereocenters. The Balaban J connectivity index is 2.13. The second kappa shape index (κ2) is 4.54. The zero-order chi connectivity index (χ0) is 7.23. The molecule has 0 saturated heterocycles. The van der Waals surface area contributed by atoms with Crippen LogP contribution < -0.4 is 0 Å². The summed E-state index contributed by atoms with van der Waals surface area (Å²) in [5, 5.41) is 0. The maximum absolute atomic E-state index is 3.69. The second-order valence-electron chi connectivity index (χ2n) is 3.21. The Kier molecular flexibility index (Phi) is 3.56. The lowest BCUT2D eigenvalue weighted by molar-refractivity contribution is 0.361. The van der Waals surface area contributed by atoms with Crippen LogP contribution in [0.25, 0.3) is 0 Å². The third-order valence-corrected chi connectivity index (χ3v) is 2.36. The van der Waals surface area contributed by atoms with E-state index in [9.17, 15) is 0 Å². The van der Waals surface area contributed by atoms with Crippen molar-refractivity contribution in [2.24, 2.45) is 5.92 Å². The fourth-order valence-electron chi connectivity index (χ4n) is 1.71. The highest BCUT2D eigenvalue weighted by Crippen LogP contribution is 2.26. The van der Waals surface area contributed by atoms with Crippen molar-refractivity contribution < 1.29 is 0 Å². The molecular weight excluding hydrogens is 120 g/mol. The van der Waals surface area contributed by atoms with Gasteiger partial charge < -0.3 is 0 Å². The van der Waals surface area contributed by atoms with Gasteiger partial charge in [-0.05, 0) is 19.3 Å². The predicted molar refractivity (Wildman–Crippen MR) is 45.7 cm³/mol. The van der Waals surface area contributed by atoms with E-state index in [1.165, 1.54) is 38.5 Å². The van der Waals surface area contributed by atoms with Crippen molar-refractivity contribution in [2.45, 2.75) is 38.5 Å². The maximum Gasteiger partial charge on any atom is -0.0316 e. The highest BCUT2D eigenvalue weighted by Gasteiger charge is 2.10. The van der Waals surface area contributed by atoms with Crippen LogP contribution in [0.3, 0.4) is 0 Å². The summed E-state index contributed by atoms with van der Waals surface area (Å²) in [6.45, 7) is 3.69. The highest BCUT2D eigenvalue weighted by molar-refractivity contribution is 4.86. The van der Waals surface area contributed by atoms with Crippen LogP contribution >= 0.6 is 0 Å². The third kappa shape index (κ3) is 2.55. The summed E-state index contributed by atoms with van der Waals surface area (Å²) in [4.78, 5) is 0. The summed E-state index contributed by atoms with van der Waals surface area (Å²) < 4.78 is 0. The lowest BCUT2D eigenvalue weighted by Gasteiger charge is -2.19. The Hall–Kier alpha value is -0.260. The Bertz CT molecular complexity index is 96.6. The van der Waals surface area contributed by atoms with Gasteiger partial charge in [0.25, 0.3) is 0 Å². The Labute approximate surface area is 64.3 Å². The molecule has 1 fully saturated rings. The van der Waals surface area contributed by atoms with Gasteiger partial charge in [0.1, 0.15) is 0 Å². The molecule has 1 aliphatic carbocycles. The summed E-state index contributed by atoms with van der Waals surface area (Å²) in [6.07, 6.45) is 12.7. The summed E-state index contributed by atoms with van der Waals surface area (Å²) in [7, 11) is 0. The highest BCUT2D eigenvalue weighted by atomic mass is 14.2. The van der Waals surface area contributed by atoms with Gasteiger partial charge in [0.05, 0.1) is 0 Å². The van der Waals surface area contributed by atoms with E-state index in [0.717, 1.165) is 5.92 Å². The minimum absolute atomic E-state index is 0.978. The topological polar surface area (TPSA) is 0 Å². The first-order valence-electron chi connectivity index (χ1n) is 4.37. The molecule has 0 unspecified atom stereocenters. The van der Waals surface area contributed by atoms with E-state index in [2.05, 4.69) is 13.0 Å². The molecule has 0 amide bonds. The third-order valence-electron chi connectivity index (χ3n) is 2.36. The van der Waals surface area contributed by atoms with Crippen molar-refractivity contribution in [2.75, 3.05) is 0 Å². The van der Waals surface area contributed by atoms with Crippen molar-refractivity contribution in [3.8, 4) is 0 Å². The van der Waals surface area contributed by atoms with Crippen molar-refractivity contribution in [1.29, 1.82) is 0 Å². The van der Waals surface area contributed by atoms with Crippen LogP contribution in [0.4, 0.5) is 0 Å². The smallest absolute Gasteiger partial charge is 0.0316 e. The van der Waals surface area contributed by atoms with E-state index < -0.39 is 0 Å². The zero-order valence-electron chi connectivity index (χ0n) is 6.68. The van der Waals surface area contributed by atoms with Crippen molar-refractivity contribution >= 4 is 0 Å². The van der Waals surface area contributed by atoms with E-state index in [4.69, 9.17) is 0 Å². The van der Waals surface area contributed by atoms with Crippen LogP contribution in [-0.4, -0.2) is 0 Å². The van der Waals surface area contributed by atoms with Gasteiger partial charge >= 0.3 is 0 Å². The summed E-state index contributed by atoms with van der Waals surface area (Å²) in [5.41, 5.74) is 0. The molecule has 0 aromatic carbocycles. The van der Waals surface area contributed by atoms with Crippen LogP contribution in [0, 0.1) is 12.8 Å². The quantitative estimate of drug-likeness (QED) is 0.547. The number of allylic oxidation sites excluding steroid dienone is 2. The molecule has 0 heterocycles. The Morgan fingerprint density at radius 3 is 2.50 bits per heavy atom. The van der Waals surface area contributed by atoms with Gasteiger partial charge in [-0.2, -0.15) is 0 Å². The predicted octanol–water partition coefficient (Wildman–Crippen LogP) is 3.35. The maximum atomic E-state index is 3.69. The Morgan fingerprint density at radius 2 is 1.90 bits per heavy atom. The van der Waals surface area contributed by atoms with Gasteiger partial charge in [-0.3, -0.25) is 0 Å². The van der Waals surface area contributed by atoms with Gasteiger partial charge in [0, 0.05) is 0 Å². The molecule has 57 valence electrons. The molecule has 0 spiro atoms. The molecule has 0 N–H and O–H groups in total. The fraction of sp³-hybridized carbons (Fsp3) is 0.700. The van der Waals surface area contributed by atoms with Crippen molar-refractivity contribution in [3.05, 3.63) is 19.1 Å². The molecular formula is C10H17. The van der Waals surface area contributed by atoms with Crippen LogP contribution in [0.5, 0.6) is 0 Å². The molecule has 10 heavy (non-hydrogen) atoms. The first kappa shape index (κ1) is 7.84. The standard InChI is InChI=1S/C10H17/c1-2-3-7-10-8-5-4-6-9-10/h2-3,10H,1,4-9H2. The van der Waals surface area contributed by atoms with Crippen molar-refractivity contribution in [3.63, 3.8) is 0 Å². The summed E-state index contributed by atoms with van der Waals surface area (Å²) >= 11 is 0. The van der Waals surface area contributed by atoms with Gasteiger partial charge in [-0.25, -0.2) is 0 Å². The lowest BCUT2D eigenvalue weighted by atomic mass is 9.87. The van der Waals surface area contributed by atoms with Crippen LogP contribution in [0.2, 0.25) is 0 Å². The van der Waals surface area contributed by atoms with E-state index in [1.54, 1.807) is 0 Å². The van der Waals surface area contributed by atoms with E-state index in [-0.39, 0.29) is 0 Å². The first-order chi connectivity index (χ1) is 4.93. The molecule has 0 aliphatic heterocycles. The molecule has 0 aromatic heterocycles. The number of rotatable bonds is 2. The van der Waals surface area contributed by atoms with Gasteiger partial charge in [-0.1, -0.05) is 44.3 Å². The zero-order valence-corrected chi connectivity index (χ0v) is 6.68. The Morgan fingerprint density at radius 1 is 1.20 bits per heavy atom. The van der Waals surface area contributed by atoms with Crippen molar-refractivity contribution in [1.82, 2.24) is 0 Å². The van der Waals surface area contributed by atoms with Gasteiger partial charge in [-0.15, -0.1) is 0 Å². The first-order valence-corrected chi connectivity index (χ1v) is 4.37. The van der Waals surface area contributed by atoms with E-state index in [0.29, 0.717) is 0 Å². The van der Waals surface area contributed by atoms with Gasteiger partial charge in [0.2, 0.25) is 0 Å². The SMILES string of the molecule is [CH2]C=CCC1CCCCC1. The van der Waals surface area contributed by atoms with E-state index >= 15 is 0 Å². The van der Waals surface area contributed by atoms with Crippen LogP contribution in [0.15, 0.2) is 12.2 Å². The minimum Gasteiger partial charge on any atom is -0.0883 e. The molecule has 1 saturated carbocycles. The van der Waals surface area contributed by atoms with E-state index in [1.807, 2.05) is 6.08 Å². The summed E-state index contributed by atoms with van der Waals surface area (Å²) in [6, 6.07) is 0. The number of hydrogen-bond donors (Lipinski definition) is 0. The van der Waals surface area contributed by atoms with Gasteiger partial charge in [0.15, 0.2) is 0 Å². The molecule has 0 bridgehead atoms. The monoisotopic (exact) mass is 137 g/mol. The average molecular weight is 137 g/mol. The molecule has 0 nitrogen and oxygen atoms in total. The molecule has 1 aliphatic rings. The number of hydrogen-bond acceptors (Lipinski definition) is 0. The fourth-order valence-corrected chi connectivity index (χ4v) is 1.71. The largest absolute Gasteiger partial charge is 0.0883 e. The molecule has 0 aromatic rings. The molecule has 1 rings (SSSR count). The lowest BCUT2D eigenvalue weighted by Crippen LogP contribution is -2.04. The average Bonchev–Trinajstić information content (AvgIpc) is 2.03. The van der Waals surface area contributed by atoms with Crippen LogP contribution in [0.1, 0.15) is 38.5 Å². The molecule has 0 heteroatoms. The summed E-state index contributed by atoms with van der Waals surface area (Å²) in [5.74, 6) is 0.978.